The van der Waals surface area contributed by atoms with E-state index < -0.39 is 29.9 Å². The first kappa shape index (κ1) is 27.6. The van der Waals surface area contributed by atoms with Crippen LogP contribution in [0.3, 0.4) is 0 Å². The van der Waals surface area contributed by atoms with Crippen LogP contribution in [0.5, 0.6) is 0 Å². The monoisotopic (exact) mass is 527 g/mol. The summed E-state index contributed by atoms with van der Waals surface area (Å²) >= 11 is 0. The van der Waals surface area contributed by atoms with Crippen molar-refractivity contribution < 1.29 is 29.1 Å². The fraction of sp³-hybridized carbons (Fsp3) is 0.593. The number of hydrogen-bond acceptors (Lipinski definition) is 6. The molecule has 11 nitrogen and oxygen atoms in total. The van der Waals surface area contributed by atoms with Crippen molar-refractivity contribution in [3.63, 3.8) is 0 Å². The normalized spacial score (nSPS) is 22.1. The predicted molar refractivity (Wildman–Crippen MR) is 138 cm³/mol. The second kappa shape index (κ2) is 12.9. The van der Waals surface area contributed by atoms with Crippen molar-refractivity contribution in [1.82, 2.24) is 25.3 Å². The van der Waals surface area contributed by atoms with Crippen LogP contribution >= 0.6 is 0 Å². The summed E-state index contributed by atoms with van der Waals surface area (Å²) < 4.78 is 0. The molecule has 0 spiro atoms. The maximum absolute atomic E-state index is 13.0. The number of aliphatic carboxylic acids is 1. The molecule has 11 heteroatoms. The molecule has 0 aromatic heterocycles. The molecule has 0 bridgehead atoms. The first-order chi connectivity index (χ1) is 18.3. The van der Waals surface area contributed by atoms with Gasteiger partial charge in [-0.3, -0.25) is 14.4 Å². The number of hydrogen-bond donors (Lipinski definition) is 3. The molecule has 0 saturated carbocycles. The highest BCUT2D eigenvalue weighted by Crippen LogP contribution is 2.35. The number of rotatable bonds is 9. The Labute approximate surface area is 222 Å². The zero-order valence-corrected chi connectivity index (χ0v) is 21.6. The summed E-state index contributed by atoms with van der Waals surface area (Å²) in [6.45, 7) is 3.19. The van der Waals surface area contributed by atoms with Crippen LogP contribution in [0.2, 0.25) is 0 Å². The molecule has 3 aliphatic rings. The molecule has 1 aromatic rings. The maximum Gasteiger partial charge on any atom is 0.327 e. The van der Waals surface area contributed by atoms with Crippen LogP contribution in [0, 0.1) is 11.8 Å². The van der Waals surface area contributed by atoms with E-state index in [0.717, 1.165) is 42.8 Å². The van der Waals surface area contributed by atoms with Gasteiger partial charge in [0.2, 0.25) is 17.7 Å². The Morgan fingerprint density at radius 1 is 0.947 bits per heavy atom. The molecule has 0 aliphatic carbocycles. The minimum atomic E-state index is -1.16. The number of nitrogens with one attached hydrogen (secondary N) is 2. The summed E-state index contributed by atoms with van der Waals surface area (Å²) in [5, 5.41) is 15.8. The lowest BCUT2D eigenvalue weighted by Gasteiger charge is -2.47. The summed E-state index contributed by atoms with van der Waals surface area (Å²) in [7, 11) is 0. The second-order valence-corrected chi connectivity index (χ2v) is 10.3. The van der Waals surface area contributed by atoms with E-state index in [1.54, 1.807) is 4.90 Å². The summed E-state index contributed by atoms with van der Waals surface area (Å²) in [5.74, 6) is -2.31. The van der Waals surface area contributed by atoms with Gasteiger partial charge in [-0.2, -0.15) is 0 Å². The van der Waals surface area contributed by atoms with Gasteiger partial charge in [-0.05, 0) is 50.3 Å². The first-order valence-electron chi connectivity index (χ1n) is 13.5. The van der Waals surface area contributed by atoms with Crippen molar-refractivity contribution in [2.45, 2.75) is 44.6 Å². The number of amides is 5. The summed E-state index contributed by atoms with van der Waals surface area (Å²) in [5.41, 5.74) is 1.13. The van der Waals surface area contributed by atoms with Crippen LogP contribution in [0.15, 0.2) is 30.3 Å². The minimum Gasteiger partial charge on any atom is -0.480 e. The van der Waals surface area contributed by atoms with Crippen LogP contribution in [-0.2, 0) is 25.6 Å². The van der Waals surface area contributed by atoms with Gasteiger partial charge in [0.05, 0.1) is 5.92 Å². The van der Waals surface area contributed by atoms with Crippen LogP contribution < -0.4 is 10.6 Å². The zero-order chi connectivity index (χ0) is 27.1. The van der Waals surface area contributed by atoms with Crippen LogP contribution in [0.25, 0.3) is 0 Å². The molecule has 3 heterocycles. The number of urea groups is 1. The average Bonchev–Trinajstić information content (AvgIpc) is 2.94. The van der Waals surface area contributed by atoms with Gasteiger partial charge in [0.1, 0.15) is 0 Å². The Morgan fingerprint density at radius 2 is 1.61 bits per heavy atom. The van der Waals surface area contributed by atoms with Gasteiger partial charge >= 0.3 is 12.0 Å². The number of carbonyl (C=O) groups excluding carboxylic acids is 4. The predicted octanol–water partition coefficient (Wildman–Crippen LogP) is 0.691. The lowest BCUT2D eigenvalue weighted by atomic mass is 9.78. The van der Waals surface area contributed by atoms with Crippen LogP contribution in [0.1, 0.15) is 37.7 Å². The van der Waals surface area contributed by atoms with Crippen molar-refractivity contribution in [3.8, 4) is 0 Å². The van der Waals surface area contributed by atoms with Crippen molar-refractivity contribution in [2.24, 2.45) is 11.8 Å². The fourth-order valence-corrected chi connectivity index (χ4v) is 5.51. The number of carbonyl (C=O) groups is 5. The first-order valence-corrected chi connectivity index (χ1v) is 13.5. The second-order valence-electron chi connectivity index (χ2n) is 10.3. The van der Waals surface area contributed by atoms with Crippen molar-refractivity contribution in [1.29, 1.82) is 0 Å². The standard InChI is InChI=1S/C27H37N5O6/c33-22(29-13-10-19-4-2-1-3-5-19)6-7-23(34)30-14-16-31(17-15-30)27(38)32-24(26(36)37)21(25(32)35)18-20-8-11-28-12-9-20/h1-5,20-21,24,28H,6-18H2,(H,29,33)(H,36,37)/t21-,24+/m1/s1. The Kier molecular flexibility index (Phi) is 9.33. The highest BCUT2D eigenvalue weighted by molar-refractivity contribution is 6.07. The van der Waals surface area contributed by atoms with Gasteiger partial charge in [-0.25, -0.2) is 14.5 Å². The molecule has 1 aromatic carbocycles. The van der Waals surface area contributed by atoms with E-state index >= 15 is 0 Å². The summed E-state index contributed by atoms with van der Waals surface area (Å²) in [6, 6.07) is 8.08. The van der Waals surface area contributed by atoms with Gasteiger partial charge < -0.3 is 25.5 Å². The van der Waals surface area contributed by atoms with Gasteiger partial charge in [0.25, 0.3) is 0 Å². The third-order valence-electron chi connectivity index (χ3n) is 7.77. The summed E-state index contributed by atoms with van der Waals surface area (Å²) in [4.78, 5) is 66.4. The molecule has 3 fully saturated rings. The number of piperidine rings is 1. The van der Waals surface area contributed by atoms with Gasteiger partial charge in [0, 0.05) is 45.6 Å². The molecule has 3 N–H and O–H groups in total. The molecule has 5 amide bonds. The molecule has 3 saturated heterocycles. The molecule has 0 unspecified atom stereocenters. The Bertz CT molecular complexity index is 1020. The zero-order valence-electron chi connectivity index (χ0n) is 21.6. The van der Waals surface area contributed by atoms with E-state index in [2.05, 4.69) is 10.6 Å². The maximum atomic E-state index is 13.0. The summed E-state index contributed by atoms with van der Waals surface area (Å²) in [6.07, 6.45) is 3.18. The number of piperazine rings is 1. The van der Waals surface area contributed by atoms with E-state index in [1.165, 1.54) is 4.90 Å². The molecule has 4 rings (SSSR count). The number of carboxylic acids is 1. The number of imide groups is 1. The van der Waals surface area contributed by atoms with E-state index in [4.69, 9.17) is 0 Å². The Balaban J connectivity index is 1.18. The molecule has 206 valence electrons. The average molecular weight is 528 g/mol. The largest absolute Gasteiger partial charge is 0.480 e. The highest BCUT2D eigenvalue weighted by Gasteiger charge is 2.56. The van der Waals surface area contributed by atoms with E-state index in [0.29, 0.717) is 13.0 Å². The number of benzene rings is 1. The van der Waals surface area contributed by atoms with E-state index in [-0.39, 0.29) is 56.8 Å². The lowest BCUT2D eigenvalue weighted by molar-refractivity contribution is -0.167. The SMILES string of the molecule is O=C(CCC(=O)N1CCN(C(=O)N2C(=O)[C@H](CC3CCNCC3)[C@H]2C(=O)O)CC1)NCCc1ccccc1. The Morgan fingerprint density at radius 3 is 2.26 bits per heavy atom. The van der Waals surface area contributed by atoms with Crippen molar-refractivity contribution in [3.05, 3.63) is 35.9 Å². The number of carboxylic acid groups (broad SMARTS) is 1. The molecular weight excluding hydrogens is 490 g/mol. The fourth-order valence-electron chi connectivity index (χ4n) is 5.51. The van der Waals surface area contributed by atoms with Gasteiger partial charge in [-0.15, -0.1) is 0 Å². The van der Waals surface area contributed by atoms with Gasteiger partial charge in [-0.1, -0.05) is 30.3 Å². The lowest BCUT2D eigenvalue weighted by Crippen LogP contribution is -2.69. The van der Waals surface area contributed by atoms with E-state index in [9.17, 15) is 29.1 Å². The topological polar surface area (TPSA) is 139 Å². The molecule has 38 heavy (non-hydrogen) atoms. The third kappa shape index (κ3) is 6.69. The minimum absolute atomic E-state index is 0.0786. The van der Waals surface area contributed by atoms with Gasteiger partial charge in [0.15, 0.2) is 6.04 Å². The third-order valence-corrected chi connectivity index (χ3v) is 7.77. The molecule has 2 atom stereocenters. The Hall–Kier alpha value is -3.47. The number of nitrogens with zero attached hydrogens (tertiary/aromatic N) is 3. The van der Waals surface area contributed by atoms with Crippen LogP contribution in [-0.4, -0.2) is 101 Å². The molecule has 3 aliphatic heterocycles. The molecule has 0 radical (unpaired) electrons. The quantitative estimate of drug-likeness (QED) is 0.402. The van der Waals surface area contributed by atoms with Crippen molar-refractivity contribution in [2.75, 3.05) is 45.8 Å². The van der Waals surface area contributed by atoms with Crippen molar-refractivity contribution >= 4 is 29.7 Å². The van der Waals surface area contributed by atoms with Crippen LogP contribution in [0.4, 0.5) is 4.79 Å². The molecular formula is C27H37N5O6. The van der Waals surface area contributed by atoms with E-state index in [1.807, 2.05) is 30.3 Å². The highest BCUT2D eigenvalue weighted by atomic mass is 16.4. The number of β-lactam (4-membered cyclic amide) rings is 1. The smallest absolute Gasteiger partial charge is 0.327 e. The number of likely N-dealkylation sites (tertiary alicyclic amines) is 1.